The number of pyridine rings is 2. The molecule has 0 unspecified atom stereocenters. The third kappa shape index (κ3) is 6.42. The minimum Gasteiger partial charge on any atom is -0.329 e. The zero-order valence-corrected chi connectivity index (χ0v) is 27.5. The number of urea groups is 2. The Morgan fingerprint density at radius 2 is 1.00 bits per heavy atom. The fourth-order valence-electron chi connectivity index (χ4n) is 6.82. The molecule has 49 heavy (non-hydrogen) atoms. The number of hydrogen-bond donors (Lipinski definition) is 2. The van der Waals surface area contributed by atoms with Gasteiger partial charge >= 0.3 is 12.1 Å². The van der Waals surface area contributed by atoms with E-state index in [1.54, 1.807) is 0 Å². The van der Waals surface area contributed by atoms with Crippen molar-refractivity contribution < 1.29 is 19.2 Å². The highest BCUT2D eigenvalue weighted by Crippen LogP contribution is 2.46. The minimum absolute atomic E-state index is 0. The first kappa shape index (κ1) is 33.5. The molecule has 2 saturated carbocycles. The highest BCUT2D eigenvalue weighted by molar-refractivity contribution is 6.03. The van der Waals surface area contributed by atoms with Gasteiger partial charge in [0, 0.05) is 47.4 Å². The number of aromatic nitrogens is 2. The van der Waals surface area contributed by atoms with E-state index in [4.69, 9.17) is 0 Å². The van der Waals surface area contributed by atoms with Crippen molar-refractivity contribution in [2.24, 2.45) is 0 Å². The summed E-state index contributed by atoms with van der Waals surface area (Å²) in [6.07, 6.45) is 5.40. The van der Waals surface area contributed by atoms with Gasteiger partial charge in [-0.3, -0.25) is 29.4 Å². The van der Waals surface area contributed by atoms with Gasteiger partial charge in [-0.15, -0.1) is 0 Å². The summed E-state index contributed by atoms with van der Waals surface area (Å²) in [5.74, 6) is 0.149. The number of carbonyl (C=O) groups is 4. The number of carbonyl (C=O) groups excluding carboxylic acids is 4. The lowest BCUT2D eigenvalue weighted by atomic mass is 10.00. The second-order valence-corrected chi connectivity index (χ2v) is 13.1. The Hall–Kier alpha value is -5.38. The summed E-state index contributed by atoms with van der Waals surface area (Å²) >= 11 is 0. The Bertz CT molecular complexity index is 1770. The number of nitrogens with one attached hydrogen (secondary N) is 2. The number of rotatable bonds is 6. The van der Waals surface area contributed by atoms with Gasteiger partial charge in [0.25, 0.3) is 0 Å². The maximum Gasteiger partial charge on any atom is 0.324 e. The molecule has 4 atom stereocenters. The molecule has 6 amide bonds. The second-order valence-electron chi connectivity index (χ2n) is 13.1. The first-order valence-electron chi connectivity index (χ1n) is 16.4. The van der Waals surface area contributed by atoms with Gasteiger partial charge < -0.3 is 10.6 Å². The quantitative estimate of drug-likeness (QED) is 0.239. The summed E-state index contributed by atoms with van der Waals surface area (Å²) in [4.78, 5) is 59.0. The largest absolute Gasteiger partial charge is 0.329 e. The number of aryl methyl sites for hydroxylation is 2. The van der Waals surface area contributed by atoms with E-state index in [2.05, 4.69) is 84.7 Å². The molecule has 2 saturated heterocycles. The Kier molecular flexibility index (Phi) is 9.07. The van der Waals surface area contributed by atoms with Crippen molar-refractivity contribution in [1.29, 1.82) is 0 Å². The van der Waals surface area contributed by atoms with Gasteiger partial charge in [-0.25, -0.2) is 9.59 Å². The molecule has 0 bridgehead atoms. The molecule has 4 fully saturated rings. The lowest BCUT2D eigenvalue weighted by molar-refractivity contribution is -0.126. The highest BCUT2D eigenvalue weighted by atomic mass is 16.2. The van der Waals surface area contributed by atoms with Crippen LogP contribution in [0.25, 0.3) is 22.5 Å². The van der Waals surface area contributed by atoms with E-state index in [-0.39, 0.29) is 68.3 Å². The van der Waals surface area contributed by atoms with Gasteiger partial charge in [-0.2, -0.15) is 0 Å². The van der Waals surface area contributed by atoms with Crippen molar-refractivity contribution in [2.45, 2.75) is 71.9 Å². The highest BCUT2D eigenvalue weighted by Gasteiger charge is 2.50. The standard InChI is InChI=1S/2C19H19N3O2.CH4/c2*1-11-4-3-5-14(12(11)2)16-7-6-13(9-20-16)15-8-17(15)22-18(23)10-21-19(22)24;/h2*3-7,9,15,17H,8,10H2,1-2H3,(H,21,24);1H4/t2*15-,17+;/m10./s1. The van der Waals surface area contributed by atoms with Crippen LogP contribution in [0, 0.1) is 27.7 Å². The predicted octanol–water partition coefficient (Wildman–Crippen LogP) is 6.18. The smallest absolute Gasteiger partial charge is 0.324 e. The number of benzene rings is 2. The van der Waals surface area contributed by atoms with E-state index in [0.717, 1.165) is 46.5 Å². The zero-order valence-electron chi connectivity index (χ0n) is 27.5. The van der Waals surface area contributed by atoms with E-state index in [9.17, 15) is 19.2 Å². The first-order chi connectivity index (χ1) is 23.1. The van der Waals surface area contributed by atoms with Crippen molar-refractivity contribution in [3.63, 3.8) is 0 Å². The summed E-state index contributed by atoms with van der Waals surface area (Å²) in [6.45, 7) is 8.64. The van der Waals surface area contributed by atoms with Gasteiger partial charge in [-0.05, 0) is 86.1 Å². The lowest BCUT2D eigenvalue weighted by Crippen LogP contribution is -2.33. The van der Waals surface area contributed by atoms with Crippen LogP contribution >= 0.6 is 0 Å². The van der Waals surface area contributed by atoms with Crippen molar-refractivity contribution in [3.8, 4) is 22.5 Å². The van der Waals surface area contributed by atoms with Crippen LogP contribution < -0.4 is 10.6 Å². The zero-order chi connectivity index (χ0) is 33.7. The van der Waals surface area contributed by atoms with Crippen molar-refractivity contribution >= 4 is 23.9 Å². The summed E-state index contributed by atoms with van der Waals surface area (Å²) in [7, 11) is 0. The molecule has 0 spiro atoms. The Morgan fingerprint density at radius 3 is 1.33 bits per heavy atom. The van der Waals surface area contributed by atoms with Gasteiger partial charge in [0.2, 0.25) is 11.8 Å². The van der Waals surface area contributed by atoms with Crippen molar-refractivity contribution in [3.05, 3.63) is 106 Å². The van der Waals surface area contributed by atoms with Gasteiger partial charge in [0.1, 0.15) is 0 Å². The normalized spacial score (nSPS) is 22.2. The van der Waals surface area contributed by atoms with Gasteiger partial charge in [0.05, 0.1) is 24.5 Å². The molecule has 8 rings (SSSR count). The fraction of sp³-hybridized carbons (Fsp3) is 0.333. The maximum absolute atomic E-state index is 11.8. The van der Waals surface area contributed by atoms with E-state index in [0.29, 0.717) is 0 Å². The predicted molar refractivity (Wildman–Crippen MR) is 188 cm³/mol. The topological polar surface area (TPSA) is 125 Å². The van der Waals surface area contributed by atoms with E-state index < -0.39 is 0 Å². The second kappa shape index (κ2) is 13.3. The van der Waals surface area contributed by atoms with Crippen LogP contribution in [0.15, 0.2) is 73.1 Å². The Morgan fingerprint density at radius 1 is 0.592 bits per heavy atom. The maximum atomic E-state index is 11.8. The molecule has 10 nitrogen and oxygen atoms in total. The Labute approximate surface area is 286 Å². The van der Waals surface area contributed by atoms with E-state index in [1.165, 1.54) is 32.1 Å². The molecule has 10 heteroatoms. The molecule has 2 aliphatic carbocycles. The summed E-state index contributed by atoms with van der Waals surface area (Å²) in [5.41, 5.74) is 11.3. The molecule has 2 aliphatic heterocycles. The molecule has 2 N–H and O–H groups in total. The van der Waals surface area contributed by atoms with Crippen LogP contribution in [0.1, 0.15) is 65.5 Å². The molecule has 0 radical (unpaired) electrons. The van der Waals surface area contributed by atoms with Gasteiger partial charge in [0.15, 0.2) is 0 Å². The van der Waals surface area contributed by atoms with Crippen molar-refractivity contribution in [1.82, 2.24) is 30.4 Å². The number of imide groups is 2. The molecule has 4 heterocycles. The number of amides is 6. The van der Waals surface area contributed by atoms with Crippen LogP contribution in [-0.2, 0) is 9.59 Å². The monoisotopic (exact) mass is 658 g/mol. The average Bonchev–Trinajstić information content (AvgIpc) is 4.00. The van der Waals surface area contributed by atoms with E-state index >= 15 is 0 Å². The van der Waals surface area contributed by atoms with Crippen LogP contribution in [0.5, 0.6) is 0 Å². The van der Waals surface area contributed by atoms with Crippen LogP contribution in [0.2, 0.25) is 0 Å². The van der Waals surface area contributed by atoms with Crippen LogP contribution in [-0.4, -0.2) is 68.8 Å². The van der Waals surface area contributed by atoms with Gasteiger partial charge in [-0.1, -0.05) is 56.0 Å². The number of nitrogens with zero attached hydrogens (tertiary/aromatic N) is 4. The fourth-order valence-corrected chi connectivity index (χ4v) is 6.82. The molecular formula is C39H42N6O4. The molecule has 4 aromatic rings. The number of hydrogen-bond acceptors (Lipinski definition) is 6. The molecule has 2 aromatic heterocycles. The SMILES string of the molecule is C.Cc1cccc(-c2ccc([C@@H]3C[C@H]3N3C(=O)CNC3=O)cn2)c1C.Cc1cccc(-c2ccc([C@H]3C[C@@H]3N3C(=O)CNC3=O)cn2)c1C. The van der Waals surface area contributed by atoms with E-state index in [1.807, 2.05) is 36.7 Å². The molecular weight excluding hydrogens is 616 g/mol. The summed E-state index contributed by atoms with van der Waals surface area (Å²) in [5, 5.41) is 5.15. The first-order valence-corrected chi connectivity index (χ1v) is 16.4. The van der Waals surface area contributed by atoms with Crippen LogP contribution in [0.3, 0.4) is 0 Å². The average molecular weight is 659 g/mol. The molecule has 4 aliphatic rings. The third-order valence-electron chi connectivity index (χ3n) is 10.1. The summed E-state index contributed by atoms with van der Waals surface area (Å²) in [6, 6.07) is 20.0. The lowest BCUT2D eigenvalue weighted by Gasteiger charge is -2.12. The third-order valence-corrected chi connectivity index (χ3v) is 10.1. The van der Waals surface area contributed by atoms with Crippen LogP contribution in [0.4, 0.5) is 9.59 Å². The summed E-state index contributed by atoms with van der Waals surface area (Å²) < 4.78 is 0. The minimum atomic E-state index is -0.271. The molecule has 2 aromatic carbocycles. The Balaban J connectivity index is 0.000000167. The van der Waals surface area contributed by atoms with Crippen molar-refractivity contribution in [2.75, 3.05) is 13.1 Å². The molecule has 252 valence electrons.